The zero-order valence-electron chi connectivity index (χ0n) is 10.9. The van der Waals surface area contributed by atoms with Crippen molar-refractivity contribution in [2.24, 2.45) is 5.92 Å². The normalized spacial score (nSPS) is 19.6. The fourth-order valence-electron chi connectivity index (χ4n) is 2.26. The minimum atomic E-state index is -3.87. The van der Waals surface area contributed by atoms with Crippen LogP contribution in [-0.2, 0) is 10.0 Å². The Kier molecular flexibility index (Phi) is 3.43. The molecule has 20 heavy (non-hydrogen) atoms. The fourth-order valence-corrected chi connectivity index (χ4v) is 4.43. The van der Waals surface area contributed by atoms with Gasteiger partial charge in [0.05, 0.1) is 5.02 Å². The summed E-state index contributed by atoms with van der Waals surface area (Å²) in [5.41, 5.74) is 5.75. The molecule has 110 valence electrons. The molecule has 0 amide bonds. The maximum Gasteiger partial charge on any atom is 0.246 e. The molecule has 4 nitrogen and oxygen atoms in total. The largest absolute Gasteiger partial charge is 0.399 e. The summed E-state index contributed by atoms with van der Waals surface area (Å²) in [7, 11) is -3.87. The maximum absolute atomic E-state index is 14.1. The van der Waals surface area contributed by atoms with E-state index in [9.17, 15) is 12.8 Å². The van der Waals surface area contributed by atoms with E-state index in [2.05, 4.69) is 0 Å². The van der Waals surface area contributed by atoms with Crippen molar-refractivity contribution in [3.63, 3.8) is 0 Å². The summed E-state index contributed by atoms with van der Waals surface area (Å²) in [5, 5.41) is -0.259. The van der Waals surface area contributed by atoms with E-state index in [1.165, 1.54) is 10.4 Å². The third-order valence-corrected chi connectivity index (χ3v) is 5.89. The Labute approximate surface area is 122 Å². The average molecular weight is 319 g/mol. The van der Waals surface area contributed by atoms with E-state index in [0.717, 1.165) is 31.7 Å². The van der Waals surface area contributed by atoms with Crippen molar-refractivity contribution in [1.29, 1.82) is 0 Å². The molecule has 7 heteroatoms. The second kappa shape index (κ2) is 4.86. The predicted molar refractivity (Wildman–Crippen MR) is 75.5 cm³/mol. The number of anilines is 1. The van der Waals surface area contributed by atoms with Gasteiger partial charge in [0, 0.05) is 18.3 Å². The van der Waals surface area contributed by atoms with E-state index in [1.807, 2.05) is 0 Å². The molecular formula is C13H16ClFN2O2S. The first-order valence-electron chi connectivity index (χ1n) is 6.66. The number of sulfonamides is 1. The van der Waals surface area contributed by atoms with Crippen molar-refractivity contribution in [2.45, 2.75) is 36.6 Å². The molecule has 0 bridgehead atoms. The number of rotatable bonds is 5. The van der Waals surface area contributed by atoms with Crippen LogP contribution in [0.25, 0.3) is 0 Å². The third-order valence-electron chi connectivity index (χ3n) is 3.69. The molecule has 0 saturated heterocycles. The Hall–Kier alpha value is -0.850. The highest BCUT2D eigenvalue weighted by Crippen LogP contribution is 2.39. The van der Waals surface area contributed by atoms with Gasteiger partial charge >= 0.3 is 0 Å². The summed E-state index contributed by atoms with van der Waals surface area (Å²) in [5.74, 6) is -0.507. The van der Waals surface area contributed by atoms with Crippen molar-refractivity contribution in [3.8, 4) is 0 Å². The predicted octanol–water partition coefficient (Wildman–Crippen LogP) is 2.62. The number of nitrogens with two attached hydrogens (primary N) is 1. The van der Waals surface area contributed by atoms with Crippen LogP contribution in [0.1, 0.15) is 25.7 Å². The van der Waals surface area contributed by atoms with E-state index in [4.69, 9.17) is 17.3 Å². The standard InChI is InChI=1S/C13H16ClFN2O2S/c14-11-5-9(16)6-12(13(11)15)20(18,19)17(10-3-4-10)7-8-1-2-8/h5-6,8,10H,1-4,7,16H2. The first-order valence-corrected chi connectivity index (χ1v) is 8.48. The molecule has 2 N–H and O–H groups in total. The summed E-state index contributed by atoms with van der Waals surface area (Å²) < 4.78 is 40.9. The van der Waals surface area contributed by atoms with Crippen LogP contribution in [0.5, 0.6) is 0 Å². The number of hydrogen-bond acceptors (Lipinski definition) is 3. The van der Waals surface area contributed by atoms with Gasteiger partial charge in [0.1, 0.15) is 4.90 Å². The quantitative estimate of drug-likeness (QED) is 0.849. The summed E-state index contributed by atoms with van der Waals surface area (Å²) >= 11 is 5.71. The molecule has 0 aromatic heterocycles. The van der Waals surface area contributed by atoms with Gasteiger partial charge in [-0.05, 0) is 43.7 Å². The van der Waals surface area contributed by atoms with E-state index < -0.39 is 20.7 Å². The van der Waals surface area contributed by atoms with Crippen LogP contribution in [-0.4, -0.2) is 25.3 Å². The summed E-state index contributed by atoms with van der Waals surface area (Å²) in [4.78, 5) is -0.407. The molecule has 1 aromatic carbocycles. The Morgan fingerprint density at radius 2 is 1.95 bits per heavy atom. The fraction of sp³-hybridized carbons (Fsp3) is 0.538. The maximum atomic E-state index is 14.1. The van der Waals surface area contributed by atoms with Crippen molar-refractivity contribution in [3.05, 3.63) is 23.0 Å². The van der Waals surface area contributed by atoms with E-state index in [-0.39, 0.29) is 16.8 Å². The number of nitrogen functional groups attached to an aromatic ring is 1. The van der Waals surface area contributed by atoms with Crippen LogP contribution >= 0.6 is 11.6 Å². The highest BCUT2D eigenvalue weighted by Gasteiger charge is 2.42. The lowest BCUT2D eigenvalue weighted by atomic mass is 10.3. The molecule has 0 aliphatic heterocycles. The van der Waals surface area contributed by atoms with Crippen LogP contribution in [0.4, 0.5) is 10.1 Å². The number of benzene rings is 1. The molecule has 0 unspecified atom stereocenters. The summed E-state index contributed by atoms with van der Waals surface area (Å²) in [6.45, 7) is 0.471. The molecule has 0 atom stereocenters. The first kappa shape index (κ1) is 14.1. The Morgan fingerprint density at radius 3 is 2.50 bits per heavy atom. The topological polar surface area (TPSA) is 63.4 Å². The molecule has 0 radical (unpaired) electrons. The van der Waals surface area contributed by atoms with Crippen LogP contribution < -0.4 is 5.73 Å². The number of hydrogen-bond donors (Lipinski definition) is 1. The van der Waals surface area contributed by atoms with Gasteiger partial charge in [-0.15, -0.1) is 0 Å². The van der Waals surface area contributed by atoms with Crippen LogP contribution in [0, 0.1) is 11.7 Å². The molecule has 3 rings (SSSR count). The number of halogens is 2. The van der Waals surface area contributed by atoms with Crippen molar-refractivity contribution in [2.75, 3.05) is 12.3 Å². The van der Waals surface area contributed by atoms with Crippen LogP contribution in [0.3, 0.4) is 0 Å². The van der Waals surface area contributed by atoms with Crippen molar-refractivity contribution < 1.29 is 12.8 Å². The number of nitrogens with zero attached hydrogens (tertiary/aromatic N) is 1. The van der Waals surface area contributed by atoms with Crippen molar-refractivity contribution >= 4 is 27.3 Å². The van der Waals surface area contributed by atoms with Crippen LogP contribution in [0.2, 0.25) is 5.02 Å². The highest BCUT2D eigenvalue weighted by molar-refractivity contribution is 7.89. The smallest absolute Gasteiger partial charge is 0.246 e. The van der Waals surface area contributed by atoms with E-state index >= 15 is 0 Å². The molecule has 0 heterocycles. The van der Waals surface area contributed by atoms with Gasteiger partial charge in [-0.3, -0.25) is 0 Å². The summed E-state index contributed by atoms with van der Waals surface area (Å²) in [6, 6.07) is 2.37. The lowest BCUT2D eigenvalue weighted by Crippen LogP contribution is -2.35. The molecule has 2 aliphatic carbocycles. The van der Waals surface area contributed by atoms with Gasteiger partial charge in [0.2, 0.25) is 10.0 Å². The molecule has 0 spiro atoms. The van der Waals surface area contributed by atoms with Gasteiger partial charge in [-0.2, -0.15) is 4.31 Å². The van der Waals surface area contributed by atoms with Gasteiger partial charge in [0.15, 0.2) is 5.82 Å². The average Bonchev–Trinajstić information content (AvgIpc) is 3.24. The Balaban J connectivity index is 2.01. The first-order chi connectivity index (χ1) is 9.39. The Morgan fingerprint density at radius 1 is 1.30 bits per heavy atom. The molecule has 2 saturated carbocycles. The minimum absolute atomic E-state index is 0.000191. The highest BCUT2D eigenvalue weighted by atomic mass is 35.5. The van der Waals surface area contributed by atoms with Gasteiger partial charge in [0.25, 0.3) is 0 Å². The SMILES string of the molecule is Nc1cc(Cl)c(F)c(S(=O)(=O)N(CC2CC2)C2CC2)c1. The monoisotopic (exact) mass is 318 g/mol. The molecule has 1 aromatic rings. The molecule has 2 fully saturated rings. The lowest BCUT2D eigenvalue weighted by Gasteiger charge is -2.22. The molecule has 2 aliphatic rings. The zero-order chi connectivity index (χ0) is 14.5. The van der Waals surface area contributed by atoms with Crippen molar-refractivity contribution in [1.82, 2.24) is 4.31 Å². The van der Waals surface area contributed by atoms with Gasteiger partial charge < -0.3 is 5.73 Å². The van der Waals surface area contributed by atoms with Crippen LogP contribution in [0.15, 0.2) is 17.0 Å². The Bertz CT molecular complexity index is 642. The second-order valence-electron chi connectivity index (χ2n) is 5.56. The second-order valence-corrected chi connectivity index (χ2v) is 7.83. The zero-order valence-corrected chi connectivity index (χ0v) is 12.4. The summed E-state index contributed by atoms with van der Waals surface area (Å²) in [6.07, 6.45) is 3.76. The lowest BCUT2D eigenvalue weighted by molar-refractivity contribution is 0.386. The third kappa shape index (κ3) is 2.64. The molecular weight excluding hydrogens is 303 g/mol. The minimum Gasteiger partial charge on any atom is -0.399 e. The van der Waals surface area contributed by atoms with E-state index in [1.54, 1.807) is 0 Å². The van der Waals surface area contributed by atoms with E-state index in [0.29, 0.717) is 12.5 Å². The van der Waals surface area contributed by atoms with Gasteiger partial charge in [-0.1, -0.05) is 11.6 Å². The van der Waals surface area contributed by atoms with Gasteiger partial charge in [-0.25, -0.2) is 12.8 Å².